The number of hydrogen-bond donors (Lipinski definition) is 0. The second-order valence-electron chi connectivity index (χ2n) is 11.8. The fourth-order valence-corrected chi connectivity index (χ4v) is 7.90. The van der Waals surface area contributed by atoms with Crippen molar-refractivity contribution >= 4 is 17.3 Å². The van der Waals surface area contributed by atoms with Crippen molar-refractivity contribution in [2.45, 2.75) is 82.9 Å². The van der Waals surface area contributed by atoms with Crippen LogP contribution in [0.25, 0.3) is 0 Å². The van der Waals surface area contributed by atoms with Crippen LogP contribution in [0.3, 0.4) is 0 Å². The molecule has 3 aromatic rings. The maximum atomic E-state index is 13.8. The predicted molar refractivity (Wildman–Crippen MR) is 155 cm³/mol. The van der Waals surface area contributed by atoms with Gasteiger partial charge < -0.3 is 14.5 Å². The van der Waals surface area contributed by atoms with Gasteiger partial charge in [0.05, 0.1) is 16.6 Å². The molecule has 4 heteroatoms. The van der Waals surface area contributed by atoms with Crippen LogP contribution in [0, 0.1) is 0 Å². The Bertz CT molecular complexity index is 1290. The Morgan fingerprint density at radius 3 is 1.71 bits per heavy atom. The number of cyclic esters (lactones) is 1. The van der Waals surface area contributed by atoms with Crippen LogP contribution in [0.15, 0.2) is 72.8 Å². The number of esters is 1. The van der Waals surface area contributed by atoms with Gasteiger partial charge in [-0.25, -0.2) is 4.79 Å². The molecule has 3 heterocycles. The highest BCUT2D eigenvalue weighted by Crippen LogP contribution is 2.62. The van der Waals surface area contributed by atoms with Crippen molar-refractivity contribution in [1.29, 1.82) is 0 Å². The zero-order chi connectivity index (χ0) is 26.5. The Morgan fingerprint density at radius 2 is 1.18 bits per heavy atom. The summed E-state index contributed by atoms with van der Waals surface area (Å²) in [5, 5.41) is 0. The lowest BCUT2D eigenvalue weighted by molar-refractivity contribution is -0.0960. The number of ether oxygens (including phenoxy) is 1. The van der Waals surface area contributed by atoms with Crippen LogP contribution in [0.4, 0.5) is 11.4 Å². The number of nitrogens with zero attached hydrogens (tertiary/aromatic N) is 2. The number of para-hydroxylation sites is 2. The van der Waals surface area contributed by atoms with Crippen LogP contribution in [-0.4, -0.2) is 30.1 Å². The SMILES string of the molecule is CCCCN1c2ccccc2CC1(C)C1(C2(C)Cc3ccccc3N2CCCC)OC(=O)c2ccccc21. The van der Waals surface area contributed by atoms with Crippen molar-refractivity contribution < 1.29 is 9.53 Å². The minimum atomic E-state index is -0.868. The van der Waals surface area contributed by atoms with Crippen LogP contribution in [-0.2, 0) is 23.2 Å². The summed E-state index contributed by atoms with van der Waals surface area (Å²) in [5.41, 5.74) is 5.20. The summed E-state index contributed by atoms with van der Waals surface area (Å²) in [6, 6.07) is 25.8. The van der Waals surface area contributed by atoms with Gasteiger partial charge in [-0.2, -0.15) is 0 Å². The molecule has 0 bridgehead atoms. The maximum absolute atomic E-state index is 13.8. The second kappa shape index (κ2) is 9.18. The first kappa shape index (κ1) is 25.0. The van der Waals surface area contributed by atoms with Gasteiger partial charge in [-0.15, -0.1) is 0 Å². The zero-order valence-corrected chi connectivity index (χ0v) is 23.3. The number of fused-ring (bicyclic) bond motifs is 3. The van der Waals surface area contributed by atoms with Crippen LogP contribution >= 0.6 is 0 Å². The smallest absolute Gasteiger partial charge is 0.339 e. The second-order valence-corrected chi connectivity index (χ2v) is 11.8. The Kier molecular flexibility index (Phi) is 6.05. The van der Waals surface area contributed by atoms with Gasteiger partial charge in [0, 0.05) is 42.9 Å². The fourth-order valence-electron chi connectivity index (χ4n) is 7.90. The first-order valence-corrected chi connectivity index (χ1v) is 14.4. The van der Waals surface area contributed by atoms with E-state index in [-0.39, 0.29) is 5.97 Å². The topological polar surface area (TPSA) is 32.8 Å². The molecule has 6 rings (SSSR count). The average molecular weight is 509 g/mol. The summed E-state index contributed by atoms with van der Waals surface area (Å²) >= 11 is 0. The van der Waals surface area contributed by atoms with E-state index in [4.69, 9.17) is 4.74 Å². The van der Waals surface area contributed by atoms with Crippen LogP contribution in [0.2, 0.25) is 0 Å². The highest BCUT2D eigenvalue weighted by Gasteiger charge is 2.72. The van der Waals surface area contributed by atoms with Crippen molar-refractivity contribution in [1.82, 2.24) is 0 Å². The first-order valence-electron chi connectivity index (χ1n) is 14.4. The lowest BCUT2D eigenvalue weighted by Gasteiger charge is -2.59. The highest BCUT2D eigenvalue weighted by atomic mass is 16.6. The van der Waals surface area contributed by atoms with E-state index >= 15 is 0 Å². The lowest BCUT2D eigenvalue weighted by atomic mass is 9.61. The number of carbonyl (C=O) groups is 1. The third-order valence-electron chi connectivity index (χ3n) is 9.59. The van der Waals surface area contributed by atoms with E-state index in [0.29, 0.717) is 5.56 Å². The van der Waals surface area contributed by atoms with Crippen molar-refractivity contribution in [3.05, 3.63) is 95.1 Å². The van der Waals surface area contributed by atoms with Gasteiger partial charge in [-0.3, -0.25) is 0 Å². The number of rotatable bonds is 8. The zero-order valence-electron chi connectivity index (χ0n) is 23.3. The lowest BCUT2D eigenvalue weighted by Crippen LogP contribution is -2.73. The highest BCUT2D eigenvalue weighted by molar-refractivity contribution is 5.96. The molecule has 0 saturated heterocycles. The van der Waals surface area contributed by atoms with E-state index < -0.39 is 16.7 Å². The number of anilines is 2. The molecule has 2 unspecified atom stereocenters. The molecule has 3 aromatic carbocycles. The average Bonchev–Trinajstić information content (AvgIpc) is 3.52. The molecular formula is C34H40N2O2. The molecule has 38 heavy (non-hydrogen) atoms. The molecule has 0 radical (unpaired) electrons. The van der Waals surface area contributed by atoms with E-state index in [9.17, 15) is 4.79 Å². The molecule has 4 nitrogen and oxygen atoms in total. The monoisotopic (exact) mass is 508 g/mol. The third-order valence-corrected chi connectivity index (χ3v) is 9.59. The molecule has 0 aliphatic carbocycles. The molecule has 2 atom stereocenters. The largest absolute Gasteiger partial charge is 0.445 e. The summed E-state index contributed by atoms with van der Waals surface area (Å²) in [6.07, 6.45) is 6.08. The van der Waals surface area contributed by atoms with Gasteiger partial charge >= 0.3 is 5.97 Å². The summed E-state index contributed by atoms with van der Waals surface area (Å²) in [7, 11) is 0. The van der Waals surface area contributed by atoms with Gasteiger partial charge in [0.2, 0.25) is 0 Å². The standard InChI is InChI=1S/C34H40N2O2/c1-5-7-21-35-29-19-13-9-15-25(29)23-32(35,3)34(28-18-12-11-17-27(28)31(37)38-34)33(4)24-26-16-10-14-20-30(26)36(33)22-8-6-2/h9-20H,5-8,21-24H2,1-4H3. The van der Waals surface area contributed by atoms with E-state index in [1.807, 2.05) is 12.1 Å². The van der Waals surface area contributed by atoms with Gasteiger partial charge in [-0.05, 0) is 56.0 Å². The van der Waals surface area contributed by atoms with E-state index in [1.54, 1.807) is 0 Å². The van der Waals surface area contributed by atoms with Crippen molar-refractivity contribution in [3.8, 4) is 0 Å². The van der Waals surface area contributed by atoms with Gasteiger partial charge in [0.15, 0.2) is 5.60 Å². The van der Waals surface area contributed by atoms with Gasteiger partial charge in [-0.1, -0.05) is 81.3 Å². The van der Waals surface area contributed by atoms with E-state index in [1.165, 1.54) is 22.5 Å². The normalized spacial score (nSPS) is 27.3. The van der Waals surface area contributed by atoms with Gasteiger partial charge in [0.1, 0.15) is 0 Å². The fraction of sp³-hybridized carbons (Fsp3) is 0.441. The number of benzene rings is 3. The molecule has 0 saturated carbocycles. The summed E-state index contributed by atoms with van der Waals surface area (Å²) in [4.78, 5) is 19.0. The molecule has 3 aliphatic rings. The molecule has 0 aromatic heterocycles. The Balaban J connectivity index is 1.63. The summed E-state index contributed by atoms with van der Waals surface area (Å²) < 4.78 is 6.95. The number of hydrogen-bond acceptors (Lipinski definition) is 4. The van der Waals surface area contributed by atoms with Crippen molar-refractivity contribution in [2.75, 3.05) is 22.9 Å². The molecular weight excluding hydrogens is 468 g/mol. The molecule has 0 fully saturated rings. The minimum Gasteiger partial charge on any atom is -0.445 e. The Morgan fingerprint density at radius 1 is 0.711 bits per heavy atom. The van der Waals surface area contributed by atoms with Crippen LogP contribution < -0.4 is 9.80 Å². The molecule has 0 spiro atoms. The molecule has 198 valence electrons. The predicted octanol–water partition coefficient (Wildman–Crippen LogP) is 7.30. The summed E-state index contributed by atoms with van der Waals surface area (Å²) in [5.74, 6) is -0.194. The Labute approximate surface area is 227 Å². The minimum absolute atomic E-state index is 0.194. The van der Waals surface area contributed by atoms with Crippen LogP contribution in [0.5, 0.6) is 0 Å². The molecule has 0 N–H and O–H groups in total. The van der Waals surface area contributed by atoms with Crippen molar-refractivity contribution in [3.63, 3.8) is 0 Å². The third kappa shape index (κ3) is 3.25. The molecule has 3 aliphatic heterocycles. The first-order chi connectivity index (χ1) is 18.4. The van der Waals surface area contributed by atoms with Crippen molar-refractivity contribution in [2.24, 2.45) is 0 Å². The van der Waals surface area contributed by atoms with E-state index in [0.717, 1.165) is 57.2 Å². The Hall–Kier alpha value is -3.27. The summed E-state index contributed by atoms with van der Waals surface area (Å²) in [6.45, 7) is 11.1. The number of carbonyl (C=O) groups excluding carboxylic acids is 1. The van der Waals surface area contributed by atoms with E-state index in [2.05, 4.69) is 98.2 Å². The quantitative estimate of drug-likeness (QED) is 0.299. The maximum Gasteiger partial charge on any atom is 0.339 e. The van der Waals surface area contributed by atoms with Gasteiger partial charge in [0.25, 0.3) is 0 Å². The van der Waals surface area contributed by atoms with Crippen LogP contribution in [0.1, 0.15) is 80.4 Å². The molecule has 0 amide bonds. The number of unbranched alkanes of at least 4 members (excludes halogenated alkanes) is 2.